The number of carbonyl (C=O) groups is 1. The van der Waals surface area contributed by atoms with Gasteiger partial charge in [0, 0.05) is 13.6 Å². The number of rotatable bonds is 3. The highest BCUT2D eigenvalue weighted by Gasteiger charge is 2.20. The molecule has 0 radical (unpaired) electrons. The Labute approximate surface area is 101 Å². The van der Waals surface area contributed by atoms with Crippen molar-refractivity contribution in [2.75, 3.05) is 20.2 Å². The lowest BCUT2D eigenvalue weighted by Gasteiger charge is -2.14. The van der Waals surface area contributed by atoms with Crippen LogP contribution in [0.25, 0.3) is 0 Å². The van der Waals surface area contributed by atoms with Crippen LogP contribution in [0.1, 0.15) is 6.92 Å². The molecule has 1 rings (SSSR count). The summed E-state index contributed by atoms with van der Waals surface area (Å²) < 4.78 is 5.38. The Morgan fingerprint density at radius 3 is 3.00 bits per heavy atom. The molecule has 1 heterocycles. The Morgan fingerprint density at radius 1 is 1.76 bits per heavy atom. The predicted octanol–water partition coefficient (Wildman–Crippen LogP) is 0.890. The van der Waals surface area contributed by atoms with Crippen LogP contribution in [-0.2, 0) is 9.53 Å². The van der Waals surface area contributed by atoms with Crippen LogP contribution in [0.2, 0.25) is 0 Å². The average molecular weight is 233 g/mol. The number of hydrogen-bond donors (Lipinski definition) is 1. The summed E-state index contributed by atoms with van der Waals surface area (Å²) in [5.41, 5.74) is 0.905. The van der Waals surface area contributed by atoms with Gasteiger partial charge in [-0.2, -0.15) is 5.26 Å². The van der Waals surface area contributed by atoms with E-state index < -0.39 is 5.91 Å². The van der Waals surface area contributed by atoms with Crippen LogP contribution in [0.3, 0.4) is 0 Å². The minimum absolute atomic E-state index is 0.0390. The molecular weight excluding hydrogens is 218 g/mol. The monoisotopic (exact) mass is 233 g/mol. The summed E-state index contributed by atoms with van der Waals surface area (Å²) in [6, 6.07) is 1.83. The van der Waals surface area contributed by atoms with E-state index in [0.717, 1.165) is 12.2 Å². The van der Waals surface area contributed by atoms with Crippen LogP contribution in [0, 0.1) is 11.3 Å². The topological polar surface area (TPSA) is 65.4 Å². The molecule has 0 atom stereocenters. The molecule has 0 bridgehead atoms. The number of carbonyl (C=O) groups excluding carboxylic acids is 1. The number of nitrogens with one attached hydrogen (secondary N) is 1. The van der Waals surface area contributed by atoms with Crippen LogP contribution >= 0.6 is 0 Å². The number of allylic oxidation sites excluding steroid dienone is 2. The Morgan fingerprint density at radius 2 is 2.47 bits per heavy atom. The molecule has 1 N–H and O–H groups in total. The molecule has 5 heteroatoms. The maximum absolute atomic E-state index is 11.3. The number of ether oxygens (including phenoxy) is 1. The summed E-state index contributed by atoms with van der Waals surface area (Å²) in [6.45, 7) is 7.00. The molecule has 90 valence electrons. The molecule has 1 aliphatic rings. The first-order chi connectivity index (χ1) is 8.13. The van der Waals surface area contributed by atoms with Crippen LogP contribution < -0.4 is 5.32 Å². The summed E-state index contributed by atoms with van der Waals surface area (Å²) in [6.07, 6.45) is 3.05. The zero-order valence-corrected chi connectivity index (χ0v) is 9.99. The Kier molecular flexibility index (Phi) is 4.35. The van der Waals surface area contributed by atoms with Crippen LogP contribution in [0.5, 0.6) is 0 Å². The van der Waals surface area contributed by atoms with E-state index in [1.165, 1.54) is 13.1 Å². The van der Waals surface area contributed by atoms with Crippen LogP contribution in [-0.4, -0.2) is 31.0 Å². The summed E-state index contributed by atoms with van der Waals surface area (Å²) in [5.74, 6) is 0.193. The van der Waals surface area contributed by atoms with Crippen molar-refractivity contribution in [3.63, 3.8) is 0 Å². The van der Waals surface area contributed by atoms with Crippen molar-refractivity contribution in [2.45, 2.75) is 6.92 Å². The molecule has 1 amide bonds. The molecule has 17 heavy (non-hydrogen) atoms. The highest BCUT2D eigenvalue weighted by Crippen LogP contribution is 2.21. The SMILES string of the molecule is C=C1CO/C(=C/C=C(/C#N)C(=O)NC)N1CC. The molecule has 1 saturated heterocycles. The molecule has 0 unspecified atom stereocenters. The van der Waals surface area contributed by atoms with Gasteiger partial charge in [-0.05, 0) is 19.1 Å². The fourth-order valence-corrected chi connectivity index (χ4v) is 1.44. The van der Waals surface area contributed by atoms with Gasteiger partial charge in [0.05, 0.1) is 5.70 Å². The molecule has 1 fully saturated rings. The lowest BCUT2D eigenvalue weighted by Crippen LogP contribution is -2.19. The fourth-order valence-electron chi connectivity index (χ4n) is 1.44. The minimum atomic E-state index is -0.413. The first-order valence-electron chi connectivity index (χ1n) is 5.26. The molecular formula is C12H15N3O2. The summed E-state index contributed by atoms with van der Waals surface area (Å²) in [4.78, 5) is 13.1. The third kappa shape index (κ3) is 2.88. The first-order valence-corrected chi connectivity index (χ1v) is 5.26. The average Bonchev–Trinajstić information content (AvgIpc) is 2.70. The quantitative estimate of drug-likeness (QED) is 0.580. The normalized spacial score (nSPS) is 17.9. The maximum Gasteiger partial charge on any atom is 0.261 e. The molecule has 1 aliphatic heterocycles. The maximum atomic E-state index is 11.3. The Bertz CT molecular complexity index is 430. The van der Waals surface area contributed by atoms with Crippen molar-refractivity contribution in [1.82, 2.24) is 10.2 Å². The van der Waals surface area contributed by atoms with Crippen LogP contribution in [0.15, 0.2) is 35.9 Å². The van der Waals surface area contributed by atoms with E-state index in [4.69, 9.17) is 10.00 Å². The van der Waals surface area contributed by atoms with E-state index in [1.54, 1.807) is 6.08 Å². The number of amides is 1. The first kappa shape index (κ1) is 12.8. The number of nitrogens with zero attached hydrogens (tertiary/aromatic N) is 2. The lowest BCUT2D eigenvalue weighted by atomic mass is 10.2. The second-order valence-corrected chi connectivity index (χ2v) is 3.38. The molecule has 0 aromatic heterocycles. The third-order valence-electron chi connectivity index (χ3n) is 2.34. The zero-order chi connectivity index (χ0) is 12.8. The predicted molar refractivity (Wildman–Crippen MR) is 63.3 cm³/mol. The lowest BCUT2D eigenvalue weighted by molar-refractivity contribution is -0.116. The van der Waals surface area contributed by atoms with Gasteiger partial charge in [-0.15, -0.1) is 0 Å². The van der Waals surface area contributed by atoms with Crippen molar-refractivity contribution >= 4 is 5.91 Å². The van der Waals surface area contributed by atoms with E-state index >= 15 is 0 Å². The highest BCUT2D eigenvalue weighted by atomic mass is 16.5. The second kappa shape index (κ2) is 5.75. The summed E-state index contributed by atoms with van der Waals surface area (Å²) in [5, 5.41) is 11.2. The molecule has 0 aliphatic carbocycles. The summed E-state index contributed by atoms with van der Waals surface area (Å²) >= 11 is 0. The standard InChI is InChI=1S/C12H15N3O2/c1-4-15-9(2)8-17-11(15)6-5-10(7-13)12(16)14-3/h5-6H,2,4,8H2,1,3H3,(H,14,16)/b10-5-,11-6+. The fraction of sp³-hybridized carbons (Fsp3) is 0.333. The molecule has 0 saturated carbocycles. The van der Waals surface area contributed by atoms with Gasteiger partial charge in [0.2, 0.25) is 0 Å². The van der Waals surface area contributed by atoms with Gasteiger partial charge in [-0.1, -0.05) is 6.58 Å². The molecule has 0 spiro atoms. The van der Waals surface area contributed by atoms with Crippen molar-refractivity contribution in [2.24, 2.45) is 0 Å². The van der Waals surface area contributed by atoms with Gasteiger partial charge in [-0.25, -0.2) is 0 Å². The van der Waals surface area contributed by atoms with Gasteiger partial charge in [0.15, 0.2) is 5.88 Å². The summed E-state index contributed by atoms with van der Waals surface area (Å²) in [7, 11) is 1.48. The number of hydrogen-bond acceptors (Lipinski definition) is 4. The van der Waals surface area contributed by atoms with E-state index in [-0.39, 0.29) is 5.57 Å². The molecule has 0 aromatic carbocycles. The van der Waals surface area contributed by atoms with Gasteiger partial charge >= 0.3 is 0 Å². The van der Waals surface area contributed by atoms with Crippen molar-refractivity contribution in [3.05, 3.63) is 35.9 Å². The zero-order valence-electron chi connectivity index (χ0n) is 9.99. The number of nitriles is 1. The van der Waals surface area contributed by atoms with E-state index in [0.29, 0.717) is 12.5 Å². The highest BCUT2D eigenvalue weighted by molar-refractivity contribution is 5.97. The Hall–Kier alpha value is -2.22. The van der Waals surface area contributed by atoms with Gasteiger partial charge in [0.1, 0.15) is 18.2 Å². The van der Waals surface area contributed by atoms with Gasteiger partial charge in [-0.3, -0.25) is 4.79 Å². The van der Waals surface area contributed by atoms with Crippen LogP contribution in [0.4, 0.5) is 0 Å². The van der Waals surface area contributed by atoms with E-state index in [2.05, 4.69) is 11.9 Å². The molecule has 0 aromatic rings. The van der Waals surface area contributed by atoms with E-state index in [1.807, 2.05) is 17.9 Å². The van der Waals surface area contributed by atoms with Gasteiger partial charge < -0.3 is 15.0 Å². The molecule has 5 nitrogen and oxygen atoms in total. The van der Waals surface area contributed by atoms with Crippen molar-refractivity contribution < 1.29 is 9.53 Å². The number of likely N-dealkylation sites (N-methyl/N-ethyl adjacent to an activating group) is 2. The second-order valence-electron chi connectivity index (χ2n) is 3.38. The third-order valence-corrected chi connectivity index (χ3v) is 2.34. The van der Waals surface area contributed by atoms with Crippen molar-refractivity contribution in [3.8, 4) is 6.07 Å². The van der Waals surface area contributed by atoms with Gasteiger partial charge in [0.25, 0.3) is 5.91 Å². The largest absolute Gasteiger partial charge is 0.472 e. The minimum Gasteiger partial charge on any atom is -0.472 e. The smallest absolute Gasteiger partial charge is 0.261 e. The Balaban J connectivity index is 2.90. The van der Waals surface area contributed by atoms with Crippen molar-refractivity contribution in [1.29, 1.82) is 5.26 Å². The van der Waals surface area contributed by atoms with E-state index in [9.17, 15) is 4.79 Å².